The van der Waals surface area contributed by atoms with Crippen LogP contribution in [0.4, 0.5) is 0 Å². The van der Waals surface area contributed by atoms with Crippen molar-refractivity contribution in [3.05, 3.63) is 43.8 Å². The molecule has 0 unspecified atom stereocenters. The number of benzene rings is 1. The van der Waals surface area contributed by atoms with Crippen LogP contribution in [-0.2, 0) is 0 Å². The van der Waals surface area contributed by atoms with Crippen LogP contribution < -0.4 is 5.63 Å². The molecule has 0 bridgehead atoms. The lowest BCUT2D eigenvalue weighted by molar-refractivity contribution is 0.547. The van der Waals surface area contributed by atoms with Crippen molar-refractivity contribution in [1.82, 2.24) is 0 Å². The molecule has 102 valence electrons. The number of fused-ring (bicyclic) bond motifs is 1. The van der Waals surface area contributed by atoms with Crippen molar-refractivity contribution < 1.29 is 4.42 Å². The second-order valence-electron chi connectivity index (χ2n) is 5.79. The Morgan fingerprint density at radius 2 is 1.32 bits per heavy atom. The van der Waals surface area contributed by atoms with Crippen molar-refractivity contribution in [3.8, 4) is 0 Å². The minimum Gasteiger partial charge on any atom is -0.422 e. The molecule has 0 amide bonds. The molecule has 2 aromatic rings. The highest BCUT2D eigenvalue weighted by Crippen LogP contribution is 2.34. The van der Waals surface area contributed by atoms with Gasteiger partial charge < -0.3 is 4.42 Å². The highest BCUT2D eigenvalue weighted by Gasteiger charge is 2.19. The van der Waals surface area contributed by atoms with E-state index in [0.717, 1.165) is 27.7 Å². The van der Waals surface area contributed by atoms with E-state index in [-0.39, 0.29) is 5.63 Å². The molecule has 2 rings (SSSR count). The first kappa shape index (κ1) is 13.9. The van der Waals surface area contributed by atoms with Crippen molar-refractivity contribution in [2.24, 2.45) is 0 Å². The summed E-state index contributed by atoms with van der Waals surface area (Å²) in [6, 6.07) is 0. The topological polar surface area (TPSA) is 30.2 Å². The first-order valence-electron chi connectivity index (χ1n) is 6.81. The van der Waals surface area contributed by atoms with Crippen LogP contribution in [0, 0.1) is 34.6 Å². The zero-order chi connectivity index (χ0) is 14.5. The van der Waals surface area contributed by atoms with Crippen molar-refractivity contribution in [2.45, 2.75) is 54.4 Å². The number of hydrogen-bond donors (Lipinski definition) is 0. The van der Waals surface area contributed by atoms with Crippen molar-refractivity contribution >= 4 is 11.0 Å². The van der Waals surface area contributed by atoms with Crippen LogP contribution in [0.3, 0.4) is 0 Å². The van der Waals surface area contributed by atoms with Crippen molar-refractivity contribution in [2.75, 3.05) is 0 Å². The molecule has 0 aliphatic carbocycles. The molecular formula is C17H22O2. The van der Waals surface area contributed by atoms with E-state index < -0.39 is 0 Å². The van der Waals surface area contributed by atoms with Crippen LogP contribution in [0.25, 0.3) is 11.0 Å². The van der Waals surface area contributed by atoms with Gasteiger partial charge in [-0.2, -0.15) is 0 Å². The van der Waals surface area contributed by atoms with Crippen LogP contribution in [-0.4, -0.2) is 0 Å². The summed E-state index contributed by atoms with van der Waals surface area (Å²) < 4.78 is 5.58. The maximum atomic E-state index is 12.1. The summed E-state index contributed by atoms with van der Waals surface area (Å²) >= 11 is 0. The third kappa shape index (κ3) is 1.90. The predicted octanol–water partition coefficient (Wildman–Crippen LogP) is 4.46. The first-order chi connectivity index (χ1) is 8.77. The molecule has 0 fully saturated rings. The number of aryl methyl sites for hydroxylation is 2. The second kappa shape index (κ2) is 4.52. The largest absolute Gasteiger partial charge is 0.422 e. The Kier molecular flexibility index (Phi) is 3.29. The third-order valence-electron chi connectivity index (χ3n) is 4.38. The van der Waals surface area contributed by atoms with Gasteiger partial charge in [0.1, 0.15) is 5.58 Å². The molecule has 0 atom stereocenters. The number of rotatable bonds is 1. The average molecular weight is 258 g/mol. The van der Waals surface area contributed by atoms with Crippen LogP contribution in [0.2, 0.25) is 0 Å². The molecule has 1 aromatic heterocycles. The summed E-state index contributed by atoms with van der Waals surface area (Å²) in [4.78, 5) is 12.1. The summed E-state index contributed by atoms with van der Waals surface area (Å²) in [5.74, 6) is 0.312. The van der Waals surface area contributed by atoms with E-state index >= 15 is 0 Å². The standard InChI is InChI=1S/C17H22O2/c1-8(2)14-13(7)17(18)19-16-12(6)10(4)9(3)11(5)15(14)16/h8H,1-7H3. The maximum Gasteiger partial charge on any atom is 0.339 e. The van der Waals surface area contributed by atoms with Crippen molar-refractivity contribution in [1.29, 1.82) is 0 Å². The van der Waals surface area contributed by atoms with Gasteiger partial charge in [-0.1, -0.05) is 13.8 Å². The summed E-state index contributed by atoms with van der Waals surface area (Å²) in [5, 5.41) is 1.13. The normalized spacial score (nSPS) is 11.6. The predicted molar refractivity (Wildman–Crippen MR) is 80.3 cm³/mol. The molecule has 19 heavy (non-hydrogen) atoms. The van der Waals surface area contributed by atoms with Crippen molar-refractivity contribution in [3.63, 3.8) is 0 Å². The van der Waals surface area contributed by atoms with Crippen LogP contribution in [0.5, 0.6) is 0 Å². The average Bonchev–Trinajstić information content (AvgIpc) is 2.35. The van der Waals surface area contributed by atoms with Gasteiger partial charge in [0.15, 0.2) is 0 Å². The molecule has 0 aliphatic rings. The maximum absolute atomic E-state index is 12.1. The molecule has 0 N–H and O–H groups in total. The van der Waals surface area contributed by atoms with E-state index in [4.69, 9.17) is 4.42 Å². The fraction of sp³-hybridized carbons (Fsp3) is 0.471. The lowest BCUT2D eigenvalue weighted by Gasteiger charge is -2.18. The molecule has 2 nitrogen and oxygen atoms in total. The van der Waals surface area contributed by atoms with Crippen LogP contribution >= 0.6 is 0 Å². The summed E-state index contributed by atoms with van der Waals surface area (Å²) in [6.45, 7) is 14.5. The summed E-state index contributed by atoms with van der Waals surface area (Å²) in [7, 11) is 0. The van der Waals surface area contributed by atoms with Gasteiger partial charge in [-0.15, -0.1) is 0 Å². The highest BCUT2D eigenvalue weighted by molar-refractivity contribution is 5.89. The van der Waals surface area contributed by atoms with E-state index in [9.17, 15) is 4.79 Å². The Balaban J connectivity index is 3.18. The molecule has 0 saturated heterocycles. The van der Waals surface area contributed by atoms with Gasteiger partial charge in [0.25, 0.3) is 0 Å². The molecule has 0 saturated carbocycles. The molecule has 0 spiro atoms. The quantitative estimate of drug-likeness (QED) is 0.707. The minimum absolute atomic E-state index is 0.207. The smallest absolute Gasteiger partial charge is 0.339 e. The van der Waals surface area contributed by atoms with Crippen LogP contribution in [0.15, 0.2) is 9.21 Å². The third-order valence-corrected chi connectivity index (χ3v) is 4.38. The summed E-state index contributed by atoms with van der Waals surface area (Å²) in [5.41, 5.74) is 7.25. The van der Waals surface area contributed by atoms with E-state index in [1.54, 1.807) is 0 Å². The van der Waals surface area contributed by atoms with Crippen LogP contribution in [0.1, 0.15) is 53.1 Å². The Labute approximate surface area is 114 Å². The van der Waals surface area contributed by atoms with E-state index in [1.807, 2.05) is 13.8 Å². The zero-order valence-electron chi connectivity index (χ0n) is 12.9. The van der Waals surface area contributed by atoms with Gasteiger partial charge in [0, 0.05) is 10.9 Å². The molecule has 2 heteroatoms. The Bertz CT molecular complexity index is 719. The van der Waals surface area contributed by atoms with Gasteiger partial charge in [-0.05, 0) is 68.4 Å². The fourth-order valence-electron chi connectivity index (χ4n) is 2.92. The Morgan fingerprint density at radius 1 is 0.789 bits per heavy atom. The highest BCUT2D eigenvalue weighted by atomic mass is 16.4. The molecule has 1 aromatic carbocycles. The second-order valence-corrected chi connectivity index (χ2v) is 5.79. The SMILES string of the molecule is Cc1c(C)c(C)c2c(C(C)C)c(C)c(=O)oc2c1C. The van der Waals surface area contributed by atoms with Gasteiger partial charge in [-0.25, -0.2) is 4.79 Å². The van der Waals surface area contributed by atoms with E-state index in [1.165, 1.54) is 16.7 Å². The molecular weight excluding hydrogens is 236 g/mol. The fourth-order valence-corrected chi connectivity index (χ4v) is 2.92. The monoisotopic (exact) mass is 258 g/mol. The lowest BCUT2D eigenvalue weighted by atomic mass is 9.88. The van der Waals surface area contributed by atoms with E-state index in [0.29, 0.717) is 5.92 Å². The van der Waals surface area contributed by atoms with Gasteiger partial charge in [0.05, 0.1) is 0 Å². The molecule has 0 radical (unpaired) electrons. The van der Waals surface area contributed by atoms with Gasteiger partial charge in [0.2, 0.25) is 0 Å². The lowest BCUT2D eigenvalue weighted by Crippen LogP contribution is -2.11. The zero-order valence-corrected chi connectivity index (χ0v) is 12.9. The first-order valence-corrected chi connectivity index (χ1v) is 6.81. The minimum atomic E-state index is -0.207. The van der Waals surface area contributed by atoms with E-state index in [2.05, 4.69) is 34.6 Å². The van der Waals surface area contributed by atoms with Gasteiger partial charge >= 0.3 is 5.63 Å². The summed E-state index contributed by atoms with van der Waals surface area (Å²) in [6.07, 6.45) is 0. The number of hydrogen-bond acceptors (Lipinski definition) is 2. The molecule has 1 heterocycles. The Morgan fingerprint density at radius 3 is 1.84 bits per heavy atom. The van der Waals surface area contributed by atoms with Gasteiger partial charge in [-0.3, -0.25) is 0 Å². The molecule has 0 aliphatic heterocycles. The Hall–Kier alpha value is -1.57.